The van der Waals surface area contributed by atoms with Crippen LogP contribution < -0.4 is 0 Å². The molecule has 82 heavy (non-hydrogen) atoms. The van der Waals surface area contributed by atoms with Gasteiger partial charge in [-0.3, -0.25) is 0 Å². The molecule has 0 radical (unpaired) electrons. The zero-order valence-corrected chi connectivity index (χ0v) is 45.2. The fourth-order valence-corrected chi connectivity index (χ4v) is 16.3. The van der Waals surface area contributed by atoms with Gasteiger partial charge in [0.2, 0.25) is 0 Å². The first-order valence-corrected chi connectivity index (χ1v) is 29.1. The number of benzene rings is 12. The molecule has 0 fully saturated rings. The van der Waals surface area contributed by atoms with Gasteiger partial charge in [0.25, 0.3) is 0 Å². The summed E-state index contributed by atoms with van der Waals surface area (Å²) < 4.78 is 14.0. The number of thiophene rings is 2. The van der Waals surface area contributed by atoms with Crippen molar-refractivity contribution >= 4 is 150 Å². The van der Waals surface area contributed by atoms with E-state index in [1.807, 2.05) is 11.3 Å². The van der Waals surface area contributed by atoms with Crippen LogP contribution in [0.3, 0.4) is 0 Å². The lowest BCUT2D eigenvalue weighted by Gasteiger charge is -2.27. The Labute approximate surface area is 475 Å². The highest BCUT2D eigenvalue weighted by atomic mass is 32.1. The SMILES string of the molecule is N#Cc1c(-n2c3ccccc3c3ccccc32)c(-n2c3ccccc3c3ccccc32)c(C#N)c(-n2c3ccc(-c4cccc5sc6ccccc6c45)cc3c3ccc4c5ccccc5sc4c32)c1-n1c2ccccc2c2ccccc21. The molecule has 0 spiro atoms. The monoisotopic (exact) mass is 1080 g/mol. The van der Waals surface area contributed by atoms with Crippen LogP contribution in [0.4, 0.5) is 0 Å². The Morgan fingerprint density at radius 2 is 0.659 bits per heavy atom. The summed E-state index contributed by atoms with van der Waals surface area (Å²) in [6, 6.07) is 92.4. The molecule has 0 aliphatic rings. The summed E-state index contributed by atoms with van der Waals surface area (Å²) in [7, 11) is 0. The minimum atomic E-state index is 0.426. The first kappa shape index (κ1) is 45.2. The Morgan fingerprint density at radius 1 is 0.280 bits per heavy atom. The number of hydrogen-bond donors (Lipinski definition) is 0. The predicted molar refractivity (Wildman–Crippen MR) is 344 cm³/mol. The number of rotatable bonds is 5. The summed E-state index contributed by atoms with van der Waals surface area (Å²) in [5.74, 6) is 0. The lowest BCUT2D eigenvalue weighted by atomic mass is 9.97. The highest BCUT2D eigenvalue weighted by molar-refractivity contribution is 7.26. The molecule has 6 nitrogen and oxygen atoms in total. The number of para-hydroxylation sites is 6. The molecular formula is C74H40N6S2. The van der Waals surface area contributed by atoms with Gasteiger partial charge in [-0.25, -0.2) is 0 Å². The van der Waals surface area contributed by atoms with Crippen molar-refractivity contribution in [3.8, 4) is 46.0 Å². The second-order valence-electron chi connectivity index (χ2n) is 21.3. The minimum absolute atomic E-state index is 0.426. The number of nitriles is 2. The van der Waals surface area contributed by atoms with E-state index in [1.165, 1.54) is 35.8 Å². The quantitative estimate of drug-likeness (QED) is 0.172. The summed E-state index contributed by atoms with van der Waals surface area (Å²) in [5, 5.41) is 39.0. The third-order valence-electron chi connectivity index (χ3n) is 17.2. The molecule has 12 aromatic carbocycles. The molecule has 0 saturated carbocycles. The van der Waals surface area contributed by atoms with E-state index >= 15 is 0 Å². The smallest absolute Gasteiger partial charge is 0.104 e. The molecule has 6 aromatic heterocycles. The van der Waals surface area contributed by atoms with Crippen molar-refractivity contribution in [2.45, 2.75) is 0 Å². The van der Waals surface area contributed by atoms with Crippen LogP contribution >= 0.6 is 22.7 Å². The van der Waals surface area contributed by atoms with E-state index in [-0.39, 0.29) is 0 Å². The van der Waals surface area contributed by atoms with Gasteiger partial charge in [0, 0.05) is 78.7 Å². The Balaban J connectivity index is 1.12. The van der Waals surface area contributed by atoms with Gasteiger partial charge in [0.15, 0.2) is 0 Å². The average Bonchev–Trinajstić information content (AvgIpc) is 2.10. The molecule has 0 aliphatic carbocycles. The third kappa shape index (κ3) is 5.93. The number of hydrogen-bond acceptors (Lipinski definition) is 4. The number of aromatic nitrogens is 4. The average molecular weight is 1080 g/mol. The van der Waals surface area contributed by atoms with Gasteiger partial charge in [-0.05, 0) is 77.9 Å². The van der Waals surface area contributed by atoms with Crippen LogP contribution in [0.15, 0.2) is 243 Å². The van der Waals surface area contributed by atoms with Crippen LogP contribution in [-0.2, 0) is 0 Å². The number of fused-ring (bicyclic) bond motifs is 19. The topological polar surface area (TPSA) is 67.3 Å². The lowest BCUT2D eigenvalue weighted by molar-refractivity contribution is 1.03. The summed E-state index contributed by atoms with van der Waals surface area (Å²) in [5.41, 5.74) is 13.1. The van der Waals surface area contributed by atoms with Crippen LogP contribution in [0.2, 0.25) is 0 Å². The third-order valence-corrected chi connectivity index (χ3v) is 19.6. The fraction of sp³-hybridized carbons (Fsp3) is 0. The fourth-order valence-electron chi connectivity index (χ4n) is 14.0. The predicted octanol–water partition coefficient (Wildman–Crippen LogP) is 20.2. The van der Waals surface area contributed by atoms with Crippen LogP contribution in [0.5, 0.6) is 0 Å². The molecule has 0 bridgehead atoms. The summed E-state index contributed by atoms with van der Waals surface area (Å²) in [6.45, 7) is 0. The normalized spacial score (nSPS) is 12.1. The largest absolute Gasteiger partial charge is 0.306 e. The highest BCUT2D eigenvalue weighted by Gasteiger charge is 2.35. The van der Waals surface area contributed by atoms with Gasteiger partial charge in [0.1, 0.15) is 23.3 Å². The van der Waals surface area contributed by atoms with Crippen LogP contribution in [-0.4, -0.2) is 18.3 Å². The van der Waals surface area contributed by atoms with Crippen molar-refractivity contribution in [3.05, 3.63) is 254 Å². The summed E-state index contributed by atoms with van der Waals surface area (Å²) in [6.07, 6.45) is 0. The van der Waals surface area contributed by atoms with Crippen LogP contribution in [0, 0.1) is 22.7 Å². The van der Waals surface area contributed by atoms with E-state index in [0.717, 1.165) is 103 Å². The van der Waals surface area contributed by atoms with Gasteiger partial charge in [0.05, 0.1) is 71.6 Å². The van der Waals surface area contributed by atoms with Gasteiger partial charge >= 0.3 is 0 Å². The molecule has 0 unspecified atom stereocenters. The van der Waals surface area contributed by atoms with Crippen molar-refractivity contribution < 1.29 is 0 Å². The van der Waals surface area contributed by atoms with E-state index < -0.39 is 0 Å². The molecule has 0 saturated heterocycles. The van der Waals surface area contributed by atoms with Crippen molar-refractivity contribution in [2.75, 3.05) is 0 Å². The van der Waals surface area contributed by atoms with E-state index in [4.69, 9.17) is 0 Å². The Hall–Kier alpha value is -10.7. The molecule has 0 N–H and O–H groups in total. The molecule has 0 amide bonds. The van der Waals surface area contributed by atoms with Crippen molar-refractivity contribution in [3.63, 3.8) is 0 Å². The zero-order valence-electron chi connectivity index (χ0n) is 43.6. The Kier molecular flexibility index (Phi) is 9.30. The van der Waals surface area contributed by atoms with Crippen molar-refractivity contribution in [1.82, 2.24) is 18.3 Å². The van der Waals surface area contributed by atoms with Gasteiger partial charge < -0.3 is 18.3 Å². The molecule has 0 aliphatic heterocycles. The maximum absolute atomic E-state index is 13.0. The molecule has 6 heterocycles. The first-order chi connectivity index (χ1) is 40.7. The molecular weight excluding hydrogens is 1040 g/mol. The van der Waals surface area contributed by atoms with Crippen LogP contribution in [0.25, 0.3) is 161 Å². The molecule has 378 valence electrons. The standard InChI is InChI=1S/C74H40N6S2/c75-41-56-69(77-58-27-9-1-18-45(58)46-19-2-10-28-59(46)77)70(78-60-29-11-3-20-47(60)48-21-4-12-30-61(48)78)57(42-76)72(71(56)79-62-31-13-5-22-49(62)50-23-6-14-32-63(50)79)80-64-39-36-43(44-26-17-35-67-68(44)54-25-8-16-34-66(54)81-67)40-55(64)52-37-38-53-51-24-7-15-33-65(51)82-74(53)73(52)80/h1-40H. The molecule has 0 atom stereocenters. The molecule has 18 rings (SSSR count). The van der Waals surface area contributed by atoms with Gasteiger partial charge in [-0.1, -0.05) is 176 Å². The summed E-state index contributed by atoms with van der Waals surface area (Å²) in [4.78, 5) is 0. The first-order valence-electron chi connectivity index (χ1n) is 27.5. The Bertz CT molecular complexity index is 5780. The van der Waals surface area contributed by atoms with E-state index in [0.29, 0.717) is 33.9 Å². The maximum Gasteiger partial charge on any atom is 0.104 e. The van der Waals surface area contributed by atoms with Gasteiger partial charge in [-0.15, -0.1) is 22.7 Å². The highest BCUT2D eigenvalue weighted by Crippen LogP contribution is 2.51. The Morgan fingerprint density at radius 3 is 1.13 bits per heavy atom. The van der Waals surface area contributed by atoms with E-state index in [2.05, 4.69) is 273 Å². The lowest BCUT2D eigenvalue weighted by Crippen LogP contribution is -2.16. The maximum atomic E-state index is 13.0. The molecule has 18 aromatic rings. The zero-order chi connectivity index (χ0) is 53.9. The second kappa shape index (κ2) is 16.9. The van der Waals surface area contributed by atoms with Crippen molar-refractivity contribution in [2.24, 2.45) is 0 Å². The number of nitrogens with zero attached hydrogens (tertiary/aromatic N) is 6. The van der Waals surface area contributed by atoms with E-state index in [1.54, 1.807) is 11.3 Å². The van der Waals surface area contributed by atoms with Crippen molar-refractivity contribution in [1.29, 1.82) is 10.5 Å². The van der Waals surface area contributed by atoms with Crippen LogP contribution in [0.1, 0.15) is 11.1 Å². The minimum Gasteiger partial charge on any atom is -0.306 e. The molecule has 8 heteroatoms. The second-order valence-corrected chi connectivity index (χ2v) is 23.4. The van der Waals surface area contributed by atoms with E-state index in [9.17, 15) is 10.5 Å². The summed E-state index contributed by atoms with van der Waals surface area (Å²) >= 11 is 3.61. The van der Waals surface area contributed by atoms with Gasteiger partial charge in [-0.2, -0.15) is 10.5 Å².